The molecular formula is C20H27N3O3S. The predicted octanol–water partition coefficient (Wildman–Crippen LogP) is 3.23. The molecule has 0 N–H and O–H groups in total. The Morgan fingerprint density at radius 3 is 2.89 bits per heavy atom. The molecule has 4 rings (SSSR count). The summed E-state index contributed by atoms with van der Waals surface area (Å²) in [6.07, 6.45) is 2.62. The summed E-state index contributed by atoms with van der Waals surface area (Å²) >= 11 is 1.66. The lowest BCUT2D eigenvalue weighted by Gasteiger charge is -2.24. The zero-order chi connectivity index (χ0) is 18.8. The number of hydrogen-bond acceptors (Lipinski definition) is 6. The quantitative estimate of drug-likeness (QED) is 0.803. The molecule has 0 aliphatic carbocycles. The fourth-order valence-corrected chi connectivity index (χ4v) is 4.65. The van der Waals surface area contributed by atoms with Crippen LogP contribution in [-0.2, 0) is 16.1 Å². The lowest BCUT2D eigenvalue weighted by atomic mass is 10.2. The van der Waals surface area contributed by atoms with E-state index in [0.717, 1.165) is 74.2 Å². The average molecular weight is 390 g/mol. The Morgan fingerprint density at radius 1 is 1.26 bits per heavy atom. The van der Waals surface area contributed by atoms with Gasteiger partial charge in [0.15, 0.2) is 0 Å². The third kappa shape index (κ3) is 4.10. The van der Waals surface area contributed by atoms with Gasteiger partial charge in [-0.25, -0.2) is 4.98 Å². The van der Waals surface area contributed by atoms with Crippen LogP contribution in [-0.4, -0.2) is 59.6 Å². The molecule has 1 atom stereocenters. The number of rotatable bonds is 4. The SMILES string of the molecule is Cc1ccsc1-c1nc(CN2CCCN(C(=O)C3CCCO3)CC2)c(C)o1. The molecule has 6 nitrogen and oxygen atoms in total. The molecule has 146 valence electrons. The van der Waals surface area contributed by atoms with E-state index in [2.05, 4.69) is 23.3 Å². The third-order valence-electron chi connectivity index (χ3n) is 5.43. The molecule has 27 heavy (non-hydrogen) atoms. The number of carbonyl (C=O) groups excluding carboxylic acids is 1. The van der Waals surface area contributed by atoms with Gasteiger partial charge in [-0.1, -0.05) is 0 Å². The van der Waals surface area contributed by atoms with Crippen molar-refractivity contribution >= 4 is 17.2 Å². The van der Waals surface area contributed by atoms with Gasteiger partial charge in [0.05, 0.1) is 10.6 Å². The van der Waals surface area contributed by atoms with E-state index in [1.165, 1.54) is 5.56 Å². The Kier molecular flexibility index (Phi) is 5.61. The maximum atomic E-state index is 12.6. The van der Waals surface area contributed by atoms with E-state index in [-0.39, 0.29) is 12.0 Å². The van der Waals surface area contributed by atoms with Crippen LogP contribution in [0.25, 0.3) is 10.8 Å². The smallest absolute Gasteiger partial charge is 0.251 e. The van der Waals surface area contributed by atoms with Gasteiger partial charge < -0.3 is 14.1 Å². The summed E-state index contributed by atoms with van der Waals surface area (Å²) < 4.78 is 11.5. The number of hydrogen-bond donors (Lipinski definition) is 0. The number of thiophene rings is 1. The summed E-state index contributed by atoms with van der Waals surface area (Å²) in [5.74, 6) is 1.77. The van der Waals surface area contributed by atoms with Crippen LogP contribution in [0.1, 0.15) is 36.3 Å². The summed E-state index contributed by atoms with van der Waals surface area (Å²) in [6, 6.07) is 2.09. The molecule has 0 radical (unpaired) electrons. The Morgan fingerprint density at radius 2 is 2.15 bits per heavy atom. The van der Waals surface area contributed by atoms with Crippen LogP contribution in [0, 0.1) is 13.8 Å². The molecule has 7 heteroatoms. The molecule has 0 aromatic carbocycles. The van der Waals surface area contributed by atoms with Crippen molar-refractivity contribution in [2.45, 2.75) is 45.8 Å². The van der Waals surface area contributed by atoms with Gasteiger partial charge >= 0.3 is 0 Å². The monoisotopic (exact) mass is 389 g/mol. The molecule has 2 saturated heterocycles. The van der Waals surface area contributed by atoms with Crippen LogP contribution >= 0.6 is 11.3 Å². The van der Waals surface area contributed by atoms with E-state index in [9.17, 15) is 4.79 Å². The van der Waals surface area contributed by atoms with Crippen LogP contribution in [0.2, 0.25) is 0 Å². The van der Waals surface area contributed by atoms with Gasteiger partial charge in [-0.3, -0.25) is 9.69 Å². The number of ether oxygens (including phenoxy) is 1. The van der Waals surface area contributed by atoms with E-state index >= 15 is 0 Å². The minimum absolute atomic E-state index is 0.169. The van der Waals surface area contributed by atoms with Gasteiger partial charge in [0.1, 0.15) is 11.9 Å². The molecule has 4 heterocycles. The zero-order valence-electron chi connectivity index (χ0n) is 16.1. The fraction of sp³-hybridized carbons (Fsp3) is 0.600. The Balaban J connectivity index is 1.38. The Hall–Kier alpha value is -1.70. The van der Waals surface area contributed by atoms with Crippen molar-refractivity contribution in [3.05, 3.63) is 28.5 Å². The van der Waals surface area contributed by atoms with Crippen LogP contribution < -0.4 is 0 Å². The van der Waals surface area contributed by atoms with Crippen molar-refractivity contribution in [1.82, 2.24) is 14.8 Å². The zero-order valence-corrected chi connectivity index (χ0v) is 16.9. The first-order chi connectivity index (χ1) is 13.1. The summed E-state index contributed by atoms with van der Waals surface area (Å²) in [6.45, 7) is 8.95. The first kappa shape index (κ1) is 18.7. The second kappa shape index (κ2) is 8.12. The van der Waals surface area contributed by atoms with Gasteiger partial charge in [-0.15, -0.1) is 11.3 Å². The second-order valence-corrected chi connectivity index (χ2v) is 8.33. The molecule has 1 amide bonds. The van der Waals surface area contributed by atoms with Crippen LogP contribution in [0.3, 0.4) is 0 Å². The number of carbonyl (C=O) groups is 1. The van der Waals surface area contributed by atoms with Crippen molar-refractivity contribution in [3.63, 3.8) is 0 Å². The van der Waals surface area contributed by atoms with Gasteiger partial charge in [0, 0.05) is 39.3 Å². The number of nitrogens with zero attached hydrogens (tertiary/aromatic N) is 3. The predicted molar refractivity (Wildman–Crippen MR) is 105 cm³/mol. The van der Waals surface area contributed by atoms with Crippen molar-refractivity contribution in [1.29, 1.82) is 0 Å². The molecule has 0 bridgehead atoms. The Labute approximate surface area is 164 Å². The third-order valence-corrected chi connectivity index (χ3v) is 6.43. The molecule has 0 spiro atoms. The molecule has 2 aliphatic heterocycles. The van der Waals surface area contributed by atoms with E-state index < -0.39 is 0 Å². The highest BCUT2D eigenvalue weighted by atomic mass is 32.1. The molecular weight excluding hydrogens is 362 g/mol. The maximum absolute atomic E-state index is 12.6. The minimum Gasteiger partial charge on any atom is -0.440 e. The van der Waals surface area contributed by atoms with E-state index in [1.807, 2.05) is 11.8 Å². The van der Waals surface area contributed by atoms with Crippen molar-refractivity contribution < 1.29 is 13.9 Å². The van der Waals surface area contributed by atoms with Gasteiger partial charge in [-0.2, -0.15) is 0 Å². The first-order valence-corrected chi connectivity index (χ1v) is 10.6. The number of oxazole rings is 1. The van der Waals surface area contributed by atoms with E-state index in [1.54, 1.807) is 11.3 Å². The summed E-state index contributed by atoms with van der Waals surface area (Å²) in [7, 11) is 0. The molecule has 2 aromatic heterocycles. The topological polar surface area (TPSA) is 58.8 Å². The Bertz CT molecular complexity index is 794. The molecule has 2 aromatic rings. The number of aryl methyl sites for hydroxylation is 2. The molecule has 1 unspecified atom stereocenters. The highest BCUT2D eigenvalue weighted by Gasteiger charge is 2.29. The van der Waals surface area contributed by atoms with Crippen LogP contribution in [0.4, 0.5) is 0 Å². The average Bonchev–Trinajstić information content (AvgIpc) is 3.36. The lowest BCUT2D eigenvalue weighted by Crippen LogP contribution is -2.41. The van der Waals surface area contributed by atoms with Crippen molar-refractivity contribution in [3.8, 4) is 10.8 Å². The fourth-order valence-electron chi connectivity index (χ4n) is 3.80. The molecule has 2 aliphatic rings. The van der Waals surface area contributed by atoms with Gasteiger partial charge in [-0.05, 0) is 50.1 Å². The largest absolute Gasteiger partial charge is 0.440 e. The summed E-state index contributed by atoms with van der Waals surface area (Å²) in [4.78, 5) is 22.8. The van der Waals surface area contributed by atoms with Crippen LogP contribution in [0.15, 0.2) is 15.9 Å². The maximum Gasteiger partial charge on any atom is 0.251 e. The number of aromatic nitrogens is 1. The highest BCUT2D eigenvalue weighted by Crippen LogP contribution is 2.30. The van der Waals surface area contributed by atoms with Crippen molar-refractivity contribution in [2.75, 3.05) is 32.8 Å². The standard InChI is InChI=1S/C20H27N3O3S/c1-14-6-12-27-18(14)19-21-16(15(2)26-19)13-22-7-4-8-23(10-9-22)20(24)17-5-3-11-25-17/h6,12,17H,3-5,7-11,13H2,1-2H3. The molecule has 2 fully saturated rings. The molecule has 0 saturated carbocycles. The summed E-state index contributed by atoms with van der Waals surface area (Å²) in [5.41, 5.74) is 2.20. The minimum atomic E-state index is -0.217. The van der Waals surface area contributed by atoms with Crippen LogP contribution in [0.5, 0.6) is 0 Å². The van der Waals surface area contributed by atoms with Gasteiger partial charge in [0.25, 0.3) is 5.91 Å². The normalized spacial score (nSPS) is 21.6. The van der Waals surface area contributed by atoms with Gasteiger partial charge in [0.2, 0.25) is 5.89 Å². The highest BCUT2D eigenvalue weighted by molar-refractivity contribution is 7.13. The number of amides is 1. The van der Waals surface area contributed by atoms with Crippen molar-refractivity contribution in [2.24, 2.45) is 0 Å². The first-order valence-electron chi connectivity index (χ1n) is 9.75. The lowest BCUT2D eigenvalue weighted by molar-refractivity contribution is -0.140. The summed E-state index contributed by atoms with van der Waals surface area (Å²) in [5, 5.41) is 2.07. The van der Waals surface area contributed by atoms with E-state index in [4.69, 9.17) is 14.1 Å². The second-order valence-electron chi connectivity index (χ2n) is 7.41. The van der Waals surface area contributed by atoms with E-state index in [0.29, 0.717) is 6.61 Å².